The quantitative estimate of drug-likeness (QED) is 0.144. The van der Waals surface area contributed by atoms with Crippen molar-refractivity contribution >= 4 is 30.2 Å². The van der Waals surface area contributed by atoms with E-state index in [0.29, 0.717) is 12.7 Å². The van der Waals surface area contributed by atoms with E-state index in [0.717, 1.165) is 0 Å². The summed E-state index contributed by atoms with van der Waals surface area (Å²) in [7, 11) is 4.85. The van der Waals surface area contributed by atoms with Gasteiger partial charge >= 0.3 is 23.9 Å². The second kappa shape index (κ2) is 24.7. The largest absolute Gasteiger partial charge is 0.462 e. The smallest absolute Gasteiger partial charge is 0.309 e. The van der Waals surface area contributed by atoms with Gasteiger partial charge in [-0.1, -0.05) is 45.9 Å². The fourth-order valence-corrected chi connectivity index (χ4v) is 8.46. The summed E-state index contributed by atoms with van der Waals surface area (Å²) in [4.78, 5) is 65.3. The molecular formula is C45H73NO16. The highest BCUT2D eigenvalue weighted by Gasteiger charge is 2.53. The van der Waals surface area contributed by atoms with Crippen LogP contribution in [0.1, 0.15) is 107 Å². The van der Waals surface area contributed by atoms with Crippen molar-refractivity contribution < 1.29 is 76.8 Å². The van der Waals surface area contributed by atoms with Crippen molar-refractivity contribution in [2.24, 2.45) is 17.8 Å². The zero-order chi connectivity index (χ0) is 46.5. The van der Waals surface area contributed by atoms with Gasteiger partial charge in [-0.2, -0.15) is 0 Å². The van der Waals surface area contributed by atoms with Gasteiger partial charge in [0.2, 0.25) is 0 Å². The van der Waals surface area contributed by atoms with Crippen molar-refractivity contribution in [3.8, 4) is 0 Å². The zero-order valence-electron chi connectivity index (χ0n) is 38.6. The molecule has 0 unspecified atom stereocenters. The predicted octanol–water partition coefficient (Wildman–Crippen LogP) is 3.97. The normalized spacial score (nSPS) is 37.7. The Bertz CT molecular complexity index is 1520. The SMILES string of the molecule is CCC(=O)O[C@@H]1C=CC=CC[C@H](C)OC(=O)C[C@H](OC(C)=O)[C@H](OC)[C@H](O[C@@H]2O[C@H](C)[C@H](O[C@@H]3C[C@](C)(O)[C@H](OC(=O)CC(C)C)[C@H](C)O3)[C@H](N(C)C)[C@@H]2O)[C@H](CC=O)C[C@H]1C. The number of ether oxygens (including phenoxy) is 9. The average Bonchev–Trinajstić information content (AvgIpc) is 3.15. The number of aliphatic hydroxyl groups excluding tert-OH is 1. The van der Waals surface area contributed by atoms with Gasteiger partial charge in [-0.05, 0) is 72.0 Å². The molecule has 0 amide bonds. The Hall–Kier alpha value is -3.29. The summed E-state index contributed by atoms with van der Waals surface area (Å²) in [5.74, 6) is -3.31. The molecule has 17 heteroatoms. The van der Waals surface area contributed by atoms with Crippen LogP contribution in [0.5, 0.6) is 0 Å². The van der Waals surface area contributed by atoms with Gasteiger partial charge < -0.3 is 62.5 Å². The topological polar surface area (TPSA) is 212 Å². The van der Waals surface area contributed by atoms with E-state index >= 15 is 0 Å². The molecule has 16 atom stereocenters. The molecule has 0 aromatic rings. The van der Waals surface area contributed by atoms with E-state index < -0.39 is 127 Å². The molecule has 0 aromatic carbocycles. The number of carbonyl (C=O) groups excluding carboxylic acids is 5. The van der Waals surface area contributed by atoms with Crippen molar-refractivity contribution in [3.05, 3.63) is 24.3 Å². The molecule has 0 aliphatic carbocycles. The number of hydrogen-bond donors (Lipinski definition) is 2. The van der Waals surface area contributed by atoms with Crippen molar-refractivity contribution in [2.75, 3.05) is 21.2 Å². The summed E-state index contributed by atoms with van der Waals surface area (Å²) >= 11 is 0. The fraction of sp³-hybridized carbons (Fsp3) is 0.800. The van der Waals surface area contributed by atoms with Crippen LogP contribution in [-0.4, -0.2) is 152 Å². The van der Waals surface area contributed by atoms with Crippen LogP contribution >= 0.6 is 0 Å². The van der Waals surface area contributed by atoms with Gasteiger partial charge in [0.25, 0.3) is 0 Å². The Kier molecular flexibility index (Phi) is 21.1. The molecule has 2 saturated heterocycles. The number of rotatable bonds is 14. The Balaban J connectivity index is 2.03. The Morgan fingerprint density at radius 3 is 2.26 bits per heavy atom. The van der Waals surface area contributed by atoms with Gasteiger partial charge in [-0.15, -0.1) is 0 Å². The number of esters is 4. The Labute approximate surface area is 367 Å². The molecule has 2 N–H and O–H groups in total. The van der Waals surface area contributed by atoms with Gasteiger partial charge in [0, 0.05) is 46.1 Å². The van der Waals surface area contributed by atoms with E-state index in [1.54, 1.807) is 71.8 Å². The van der Waals surface area contributed by atoms with Crippen LogP contribution in [0, 0.1) is 17.8 Å². The summed E-state index contributed by atoms with van der Waals surface area (Å²) in [6.45, 7) is 15.2. The second-order valence-electron chi connectivity index (χ2n) is 17.8. The minimum atomic E-state index is -1.51. The van der Waals surface area contributed by atoms with Crippen LogP contribution < -0.4 is 0 Å². The van der Waals surface area contributed by atoms with Crippen LogP contribution in [0.4, 0.5) is 0 Å². The third-order valence-corrected chi connectivity index (χ3v) is 11.4. The lowest BCUT2D eigenvalue weighted by atomic mass is 9.82. The maximum atomic E-state index is 13.4. The lowest BCUT2D eigenvalue weighted by Crippen LogP contribution is -2.66. The summed E-state index contributed by atoms with van der Waals surface area (Å²) in [5, 5.41) is 23.7. The first-order valence-electron chi connectivity index (χ1n) is 21.9. The highest BCUT2D eigenvalue weighted by Crippen LogP contribution is 2.38. The molecule has 0 spiro atoms. The van der Waals surface area contributed by atoms with Crippen LogP contribution in [-0.2, 0) is 66.6 Å². The first-order valence-corrected chi connectivity index (χ1v) is 21.9. The zero-order valence-corrected chi connectivity index (χ0v) is 38.6. The molecule has 62 heavy (non-hydrogen) atoms. The molecular weight excluding hydrogens is 810 g/mol. The van der Waals surface area contributed by atoms with Gasteiger partial charge in [0.05, 0.1) is 30.8 Å². The third kappa shape index (κ3) is 15.5. The molecule has 2 fully saturated rings. The summed E-state index contributed by atoms with van der Waals surface area (Å²) in [6, 6.07) is -0.804. The summed E-state index contributed by atoms with van der Waals surface area (Å²) < 4.78 is 54.7. The van der Waals surface area contributed by atoms with E-state index in [1.165, 1.54) is 14.0 Å². The number of aliphatic hydroxyl groups is 2. The Morgan fingerprint density at radius 1 is 0.984 bits per heavy atom. The van der Waals surface area contributed by atoms with Gasteiger partial charge in [0.15, 0.2) is 18.7 Å². The molecule has 0 radical (unpaired) electrons. The van der Waals surface area contributed by atoms with Crippen molar-refractivity contribution in [1.29, 1.82) is 0 Å². The number of methoxy groups -OCH3 is 1. The highest BCUT2D eigenvalue weighted by molar-refractivity contribution is 5.72. The number of likely N-dealkylation sites (N-methyl/N-ethyl adjacent to an activating group) is 1. The molecule has 3 heterocycles. The predicted molar refractivity (Wildman–Crippen MR) is 224 cm³/mol. The van der Waals surface area contributed by atoms with Gasteiger partial charge in [-0.25, -0.2) is 0 Å². The molecule has 354 valence electrons. The first kappa shape index (κ1) is 53.1. The minimum absolute atomic E-state index is 0.0572. The lowest BCUT2D eigenvalue weighted by molar-refractivity contribution is -0.344. The summed E-state index contributed by atoms with van der Waals surface area (Å²) in [6.07, 6.45) is -3.95. The first-order chi connectivity index (χ1) is 29.1. The van der Waals surface area contributed by atoms with Crippen LogP contribution in [0.15, 0.2) is 24.3 Å². The molecule has 3 rings (SSSR count). The maximum absolute atomic E-state index is 13.4. The number of aldehydes is 1. The standard InChI is InChI=1S/C45H73NO16/c1-13-34(49)59-32-18-16-14-15-17-27(5)55-36(51)23-33(58-30(8)48)42(54-12)41(31(19-20-47)22-26(32)4)62-44-39(52)38(46(10)11)40(28(6)57-44)61-37-24-45(9,53)43(29(7)56-37)60-35(50)21-25(2)3/h14-16,18,20,25-29,31-33,37-44,52-53H,13,17,19,21-24H2,1-12H3/t26-,27+,28-,29+,31-,32-,33+,37-,38-,39+,40+,41-,42+,43-,44+,45+/m1/s1. The minimum Gasteiger partial charge on any atom is -0.462 e. The fourth-order valence-electron chi connectivity index (χ4n) is 8.46. The third-order valence-electron chi connectivity index (χ3n) is 11.4. The van der Waals surface area contributed by atoms with E-state index in [4.69, 9.17) is 42.6 Å². The van der Waals surface area contributed by atoms with E-state index in [-0.39, 0.29) is 38.0 Å². The molecule has 3 aliphatic heterocycles. The second-order valence-corrected chi connectivity index (χ2v) is 17.8. The molecule has 0 bridgehead atoms. The number of nitrogens with zero attached hydrogens (tertiary/aromatic N) is 1. The molecule has 0 aromatic heterocycles. The van der Waals surface area contributed by atoms with Crippen molar-refractivity contribution in [2.45, 2.75) is 193 Å². The lowest BCUT2D eigenvalue weighted by Gasteiger charge is -2.50. The van der Waals surface area contributed by atoms with Crippen LogP contribution in [0.3, 0.4) is 0 Å². The van der Waals surface area contributed by atoms with Gasteiger partial charge in [-0.3, -0.25) is 19.2 Å². The molecule has 17 nitrogen and oxygen atoms in total. The number of allylic oxidation sites excluding steroid dienone is 2. The monoisotopic (exact) mass is 883 g/mol. The van der Waals surface area contributed by atoms with E-state index in [9.17, 15) is 34.2 Å². The highest BCUT2D eigenvalue weighted by atomic mass is 16.7. The van der Waals surface area contributed by atoms with E-state index in [2.05, 4.69) is 0 Å². The van der Waals surface area contributed by atoms with Crippen molar-refractivity contribution in [1.82, 2.24) is 4.90 Å². The average molecular weight is 884 g/mol. The Morgan fingerprint density at radius 2 is 1.68 bits per heavy atom. The van der Waals surface area contributed by atoms with E-state index in [1.807, 2.05) is 26.8 Å². The van der Waals surface area contributed by atoms with Crippen molar-refractivity contribution in [3.63, 3.8) is 0 Å². The van der Waals surface area contributed by atoms with Crippen LogP contribution in [0.2, 0.25) is 0 Å². The van der Waals surface area contributed by atoms with Gasteiger partial charge in [0.1, 0.15) is 48.5 Å². The maximum Gasteiger partial charge on any atom is 0.309 e. The molecule has 3 aliphatic rings. The number of hydrogen-bond acceptors (Lipinski definition) is 17. The number of carbonyl (C=O) groups is 5. The number of cyclic esters (lactones) is 1. The summed E-state index contributed by atoms with van der Waals surface area (Å²) in [5.41, 5.74) is -1.51. The van der Waals surface area contributed by atoms with Crippen LogP contribution in [0.25, 0.3) is 0 Å². The molecule has 0 saturated carbocycles.